The maximum absolute atomic E-state index is 13.2. The second-order valence-electron chi connectivity index (χ2n) is 7.68. The van der Waals surface area contributed by atoms with Crippen molar-refractivity contribution in [3.8, 4) is 17.2 Å². The van der Waals surface area contributed by atoms with Crippen molar-refractivity contribution in [1.29, 1.82) is 0 Å². The normalized spacial score (nSPS) is 17.7. The standard InChI is InChI=1S/C24H29ClN2O5/c1-5-9-26-23(28)19-14-27(24(29)15-7-6-8-17(25)10-15)13-18(19)16-11-20(30-2)22(32-4)21(12-16)31-3/h6-8,10-12,18-19H,5,9,13-14H2,1-4H3,(H,26,28). The van der Waals surface area contributed by atoms with Gasteiger partial charge < -0.3 is 24.4 Å². The van der Waals surface area contributed by atoms with Gasteiger partial charge in [-0.2, -0.15) is 0 Å². The zero-order chi connectivity index (χ0) is 23.3. The van der Waals surface area contributed by atoms with Crippen LogP contribution >= 0.6 is 11.6 Å². The minimum atomic E-state index is -0.410. The molecular weight excluding hydrogens is 432 g/mol. The first-order valence-electron chi connectivity index (χ1n) is 10.6. The maximum atomic E-state index is 13.2. The highest BCUT2D eigenvalue weighted by atomic mass is 35.5. The Labute approximate surface area is 193 Å². The quantitative estimate of drug-likeness (QED) is 0.649. The number of nitrogens with one attached hydrogen (secondary N) is 1. The van der Waals surface area contributed by atoms with Crippen LogP contribution in [-0.4, -0.2) is 57.7 Å². The summed E-state index contributed by atoms with van der Waals surface area (Å²) in [4.78, 5) is 27.9. The summed E-state index contributed by atoms with van der Waals surface area (Å²) in [6, 6.07) is 10.5. The average molecular weight is 461 g/mol. The molecule has 0 aromatic heterocycles. The summed E-state index contributed by atoms with van der Waals surface area (Å²) in [6.45, 7) is 3.27. The van der Waals surface area contributed by atoms with Crippen LogP contribution < -0.4 is 19.5 Å². The van der Waals surface area contributed by atoms with E-state index in [0.29, 0.717) is 47.5 Å². The van der Waals surface area contributed by atoms with Gasteiger partial charge >= 0.3 is 0 Å². The number of rotatable bonds is 8. The highest BCUT2D eigenvalue weighted by Crippen LogP contribution is 2.43. The van der Waals surface area contributed by atoms with E-state index in [4.69, 9.17) is 25.8 Å². The van der Waals surface area contributed by atoms with E-state index in [0.717, 1.165) is 12.0 Å². The van der Waals surface area contributed by atoms with Crippen LogP contribution in [0.1, 0.15) is 35.2 Å². The van der Waals surface area contributed by atoms with E-state index in [1.165, 1.54) is 0 Å². The third kappa shape index (κ3) is 4.93. The fourth-order valence-electron chi connectivity index (χ4n) is 4.07. The summed E-state index contributed by atoms with van der Waals surface area (Å²) in [5.74, 6) is 0.623. The molecule has 2 amide bonds. The Balaban J connectivity index is 1.97. The fraction of sp³-hybridized carbons (Fsp3) is 0.417. The molecule has 7 nitrogen and oxygen atoms in total. The number of halogens is 1. The number of ether oxygens (including phenoxy) is 3. The number of carbonyl (C=O) groups is 2. The highest BCUT2D eigenvalue weighted by molar-refractivity contribution is 6.30. The lowest BCUT2D eigenvalue weighted by Crippen LogP contribution is -2.36. The molecule has 1 aliphatic rings. The maximum Gasteiger partial charge on any atom is 0.253 e. The Hall–Kier alpha value is -2.93. The van der Waals surface area contributed by atoms with Crippen molar-refractivity contribution in [2.75, 3.05) is 41.0 Å². The topological polar surface area (TPSA) is 77.1 Å². The summed E-state index contributed by atoms with van der Waals surface area (Å²) in [5, 5.41) is 3.47. The highest BCUT2D eigenvalue weighted by Gasteiger charge is 2.41. The second-order valence-corrected chi connectivity index (χ2v) is 8.12. The van der Waals surface area contributed by atoms with Gasteiger partial charge in [-0.3, -0.25) is 9.59 Å². The van der Waals surface area contributed by atoms with Crippen molar-refractivity contribution < 1.29 is 23.8 Å². The van der Waals surface area contributed by atoms with Crippen LogP contribution in [0.25, 0.3) is 0 Å². The molecule has 1 aliphatic heterocycles. The summed E-state index contributed by atoms with van der Waals surface area (Å²) in [7, 11) is 4.65. The lowest BCUT2D eigenvalue weighted by atomic mass is 9.88. The van der Waals surface area contributed by atoms with Crippen LogP contribution in [0.15, 0.2) is 36.4 Å². The van der Waals surface area contributed by atoms with Gasteiger partial charge in [-0.05, 0) is 42.3 Å². The molecule has 8 heteroatoms. The molecule has 1 N–H and O–H groups in total. The summed E-state index contributed by atoms with van der Waals surface area (Å²) in [5.41, 5.74) is 1.34. The van der Waals surface area contributed by atoms with Crippen molar-refractivity contribution >= 4 is 23.4 Å². The Morgan fingerprint density at radius 3 is 2.31 bits per heavy atom. The minimum absolute atomic E-state index is 0.0769. The molecule has 172 valence electrons. The minimum Gasteiger partial charge on any atom is -0.493 e. The van der Waals surface area contributed by atoms with Crippen molar-refractivity contribution in [2.24, 2.45) is 5.92 Å². The molecule has 1 heterocycles. The zero-order valence-electron chi connectivity index (χ0n) is 18.8. The van der Waals surface area contributed by atoms with E-state index in [-0.39, 0.29) is 17.7 Å². The number of benzene rings is 2. The number of likely N-dealkylation sites (tertiary alicyclic amines) is 1. The molecule has 2 aromatic rings. The molecule has 1 fully saturated rings. The van der Waals surface area contributed by atoms with Gasteiger partial charge in [0.1, 0.15) is 0 Å². The largest absolute Gasteiger partial charge is 0.493 e. The molecule has 0 saturated carbocycles. The van der Waals surface area contributed by atoms with Crippen LogP contribution in [-0.2, 0) is 4.79 Å². The van der Waals surface area contributed by atoms with Gasteiger partial charge in [-0.25, -0.2) is 0 Å². The Morgan fingerprint density at radius 2 is 1.75 bits per heavy atom. The number of hydrogen-bond donors (Lipinski definition) is 1. The predicted molar refractivity (Wildman–Crippen MR) is 123 cm³/mol. The van der Waals surface area contributed by atoms with Gasteiger partial charge in [0.05, 0.1) is 27.2 Å². The van der Waals surface area contributed by atoms with Crippen LogP contribution in [0.4, 0.5) is 0 Å². The van der Waals surface area contributed by atoms with E-state index in [9.17, 15) is 9.59 Å². The third-order valence-electron chi connectivity index (χ3n) is 5.68. The average Bonchev–Trinajstić information content (AvgIpc) is 3.26. The molecule has 0 radical (unpaired) electrons. The summed E-state index contributed by atoms with van der Waals surface area (Å²) < 4.78 is 16.4. The van der Waals surface area contributed by atoms with E-state index in [2.05, 4.69) is 5.32 Å². The molecule has 2 aromatic carbocycles. The Morgan fingerprint density at radius 1 is 1.06 bits per heavy atom. The summed E-state index contributed by atoms with van der Waals surface area (Å²) >= 11 is 6.08. The van der Waals surface area contributed by atoms with Crippen molar-refractivity contribution in [3.05, 3.63) is 52.5 Å². The molecule has 1 saturated heterocycles. The van der Waals surface area contributed by atoms with Gasteiger partial charge in [-0.15, -0.1) is 0 Å². The predicted octanol–water partition coefficient (Wildman–Crippen LogP) is 3.75. The number of hydrogen-bond acceptors (Lipinski definition) is 5. The molecule has 2 atom stereocenters. The van der Waals surface area contributed by atoms with Gasteiger partial charge in [0.25, 0.3) is 5.91 Å². The van der Waals surface area contributed by atoms with Crippen LogP contribution in [0.5, 0.6) is 17.2 Å². The number of nitrogens with zero attached hydrogens (tertiary/aromatic N) is 1. The van der Waals surface area contributed by atoms with Crippen LogP contribution in [0.3, 0.4) is 0 Å². The molecule has 32 heavy (non-hydrogen) atoms. The number of methoxy groups -OCH3 is 3. The molecule has 0 bridgehead atoms. The van der Waals surface area contributed by atoms with Crippen molar-refractivity contribution in [2.45, 2.75) is 19.3 Å². The lowest BCUT2D eigenvalue weighted by Gasteiger charge is -2.21. The first-order chi connectivity index (χ1) is 15.4. The molecule has 0 spiro atoms. The molecule has 3 rings (SSSR count). The monoisotopic (exact) mass is 460 g/mol. The molecule has 2 unspecified atom stereocenters. The number of amides is 2. The van der Waals surface area contributed by atoms with Gasteiger partial charge in [0.2, 0.25) is 11.7 Å². The first kappa shape index (κ1) is 23.7. The van der Waals surface area contributed by atoms with E-state index < -0.39 is 5.92 Å². The SMILES string of the molecule is CCCNC(=O)C1CN(C(=O)c2cccc(Cl)c2)CC1c1cc(OC)c(OC)c(OC)c1. The van der Waals surface area contributed by atoms with Crippen molar-refractivity contribution in [3.63, 3.8) is 0 Å². The van der Waals surface area contributed by atoms with Crippen molar-refractivity contribution in [1.82, 2.24) is 10.2 Å². The summed E-state index contributed by atoms with van der Waals surface area (Å²) in [6.07, 6.45) is 0.832. The van der Waals surface area contributed by atoms with E-state index in [1.54, 1.807) is 50.5 Å². The second kappa shape index (κ2) is 10.6. The lowest BCUT2D eigenvalue weighted by molar-refractivity contribution is -0.124. The van der Waals surface area contributed by atoms with E-state index >= 15 is 0 Å². The van der Waals surface area contributed by atoms with Crippen LogP contribution in [0, 0.1) is 5.92 Å². The first-order valence-corrected chi connectivity index (χ1v) is 10.9. The van der Waals surface area contributed by atoms with Crippen LogP contribution in [0.2, 0.25) is 5.02 Å². The fourth-order valence-corrected chi connectivity index (χ4v) is 4.26. The number of carbonyl (C=O) groups excluding carboxylic acids is 2. The van der Waals surface area contributed by atoms with Gasteiger partial charge in [0, 0.05) is 36.1 Å². The Kier molecular flexibility index (Phi) is 7.85. The van der Waals surface area contributed by atoms with Gasteiger partial charge in [-0.1, -0.05) is 24.6 Å². The van der Waals surface area contributed by atoms with Gasteiger partial charge in [0.15, 0.2) is 11.5 Å². The third-order valence-corrected chi connectivity index (χ3v) is 5.91. The molecule has 0 aliphatic carbocycles. The zero-order valence-corrected chi connectivity index (χ0v) is 19.6. The Bertz CT molecular complexity index is 956. The smallest absolute Gasteiger partial charge is 0.253 e. The van der Waals surface area contributed by atoms with E-state index in [1.807, 2.05) is 19.1 Å². The molecular formula is C24H29ClN2O5.